The molecular formula is C24H20O7. The topological polar surface area (TPSA) is 88.1 Å². The summed E-state index contributed by atoms with van der Waals surface area (Å²) in [6, 6.07) is 25.4. The van der Waals surface area contributed by atoms with Crippen LogP contribution in [0.2, 0.25) is 0 Å². The molecule has 3 rings (SSSR count). The van der Waals surface area contributed by atoms with Crippen LogP contribution >= 0.6 is 0 Å². The molecule has 3 aromatic rings. The van der Waals surface area contributed by atoms with Crippen molar-refractivity contribution in [1.29, 1.82) is 0 Å². The maximum absolute atomic E-state index is 12.6. The summed E-state index contributed by atoms with van der Waals surface area (Å²) in [5.41, 5.74) is 0.469. The Morgan fingerprint density at radius 1 is 0.613 bits per heavy atom. The summed E-state index contributed by atoms with van der Waals surface area (Å²) in [6.07, 6.45) is -1.21. The van der Waals surface area contributed by atoms with Crippen molar-refractivity contribution >= 4 is 17.9 Å². The quantitative estimate of drug-likeness (QED) is 0.387. The average Bonchev–Trinajstić information content (AvgIpc) is 2.80. The van der Waals surface area contributed by atoms with Crippen LogP contribution in [0.5, 0.6) is 11.5 Å². The van der Waals surface area contributed by atoms with E-state index < -0.39 is 37.2 Å². The molecule has 158 valence electrons. The Labute approximate surface area is 179 Å². The zero-order valence-electron chi connectivity index (χ0n) is 16.5. The fourth-order valence-corrected chi connectivity index (χ4v) is 2.58. The van der Waals surface area contributed by atoms with Gasteiger partial charge in [0.15, 0.2) is 12.7 Å². The molecule has 0 N–H and O–H groups in total. The first kappa shape index (κ1) is 21.7. The highest BCUT2D eigenvalue weighted by Gasteiger charge is 2.25. The van der Waals surface area contributed by atoms with E-state index in [0.717, 1.165) is 0 Å². The first-order valence-electron chi connectivity index (χ1n) is 9.46. The highest BCUT2D eigenvalue weighted by molar-refractivity contribution is 5.81. The lowest BCUT2D eigenvalue weighted by atomic mass is 10.1. The normalized spacial score (nSPS) is 11.2. The molecule has 0 aliphatic rings. The van der Waals surface area contributed by atoms with Crippen molar-refractivity contribution in [2.45, 2.75) is 6.10 Å². The van der Waals surface area contributed by atoms with E-state index in [-0.39, 0.29) is 0 Å². The molecule has 0 aliphatic carbocycles. The Bertz CT molecular complexity index is 988. The molecule has 0 radical (unpaired) electrons. The summed E-state index contributed by atoms with van der Waals surface area (Å²) in [7, 11) is 0. The van der Waals surface area contributed by atoms with Gasteiger partial charge in [0.05, 0.1) is 0 Å². The molecule has 0 spiro atoms. The second-order valence-electron chi connectivity index (χ2n) is 6.28. The van der Waals surface area contributed by atoms with Crippen LogP contribution in [0.25, 0.3) is 0 Å². The van der Waals surface area contributed by atoms with Gasteiger partial charge in [-0.15, -0.1) is 0 Å². The number of hydrogen-bond acceptors (Lipinski definition) is 7. The maximum atomic E-state index is 12.6. The molecule has 0 saturated heterocycles. The van der Waals surface area contributed by atoms with Crippen molar-refractivity contribution in [2.24, 2.45) is 0 Å². The zero-order chi connectivity index (χ0) is 21.9. The van der Waals surface area contributed by atoms with Gasteiger partial charge in [-0.2, -0.15) is 0 Å². The molecule has 0 heterocycles. The van der Waals surface area contributed by atoms with Gasteiger partial charge >= 0.3 is 17.9 Å². The lowest BCUT2D eigenvalue weighted by molar-refractivity contribution is -0.166. The lowest BCUT2D eigenvalue weighted by Gasteiger charge is -2.16. The third-order valence-corrected chi connectivity index (χ3v) is 3.97. The maximum Gasteiger partial charge on any atom is 0.349 e. The third-order valence-electron chi connectivity index (χ3n) is 3.97. The molecule has 0 fully saturated rings. The smallest absolute Gasteiger partial charge is 0.349 e. The monoisotopic (exact) mass is 420 g/mol. The van der Waals surface area contributed by atoms with Gasteiger partial charge in [0.2, 0.25) is 0 Å². The second kappa shape index (κ2) is 11.3. The minimum absolute atomic E-state index is 0.336. The highest BCUT2D eigenvalue weighted by atomic mass is 16.6. The van der Waals surface area contributed by atoms with E-state index in [1.54, 1.807) is 91.0 Å². The standard InChI is InChI=1S/C24H20O7/c25-21(30-19-12-6-2-7-13-19)16-28-23(18-10-4-1-5-11-18)24(27)29-17-22(26)31-20-14-8-3-9-15-20/h1-15,23H,16-17H2/t23-/m1/s1. The number of benzene rings is 3. The van der Waals surface area contributed by atoms with Gasteiger partial charge in [0.25, 0.3) is 0 Å². The Balaban J connectivity index is 1.57. The minimum Gasteiger partial charge on any atom is -0.451 e. The molecule has 0 aliphatic heterocycles. The number of rotatable bonds is 9. The van der Waals surface area contributed by atoms with Crippen molar-refractivity contribution in [1.82, 2.24) is 0 Å². The number of ether oxygens (including phenoxy) is 4. The molecule has 7 nitrogen and oxygen atoms in total. The first-order chi connectivity index (χ1) is 15.1. The molecule has 0 aromatic heterocycles. The van der Waals surface area contributed by atoms with Crippen LogP contribution < -0.4 is 9.47 Å². The number of para-hydroxylation sites is 2. The predicted octanol–water partition coefficient (Wildman–Crippen LogP) is 3.50. The van der Waals surface area contributed by atoms with Gasteiger partial charge < -0.3 is 18.9 Å². The molecule has 0 bridgehead atoms. The average molecular weight is 420 g/mol. The summed E-state index contributed by atoms with van der Waals surface area (Å²) >= 11 is 0. The highest BCUT2D eigenvalue weighted by Crippen LogP contribution is 2.19. The molecular weight excluding hydrogens is 400 g/mol. The number of carbonyl (C=O) groups excluding carboxylic acids is 3. The van der Waals surface area contributed by atoms with Crippen molar-refractivity contribution in [2.75, 3.05) is 13.2 Å². The summed E-state index contributed by atoms with van der Waals surface area (Å²) in [5.74, 6) is -1.55. The van der Waals surface area contributed by atoms with Crippen molar-refractivity contribution < 1.29 is 33.3 Å². The van der Waals surface area contributed by atoms with Crippen LogP contribution in [-0.2, 0) is 23.9 Å². The molecule has 1 atom stereocenters. The van der Waals surface area contributed by atoms with Gasteiger partial charge in [-0.25, -0.2) is 14.4 Å². The summed E-state index contributed by atoms with van der Waals surface area (Å²) in [5, 5.41) is 0. The fraction of sp³-hybridized carbons (Fsp3) is 0.125. The van der Waals surface area contributed by atoms with E-state index in [1.165, 1.54) is 0 Å². The molecule has 0 unspecified atom stereocenters. The molecule has 31 heavy (non-hydrogen) atoms. The SMILES string of the molecule is O=C(COC(=O)[C@H](OCC(=O)Oc1ccccc1)c1ccccc1)Oc1ccccc1. The van der Waals surface area contributed by atoms with E-state index in [1.807, 2.05) is 0 Å². The molecule has 3 aromatic carbocycles. The molecule has 0 amide bonds. The number of hydrogen-bond donors (Lipinski definition) is 0. The van der Waals surface area contributed by atoms with Crippen molar-refractivity contribution in [3.8, 4) is 11.5 Å². The Morgan fingerprint density at radius 2 is 1.06 bits per heavy atom. The van der Waals surface area contributed by atoms with Crippen LogP contribution in [-0.4, -0.2) is 31.1 Å². The number of carbonyl (C=O) groups is 3. The first-order valence-corrected chi connectivity index (χ1v) is 9.46. The zero-order valence-corrected chi connectivity index (χ0v) is 16.5. The van der Waals surface area contributed by atoms with Crippen LogP contribution in [0.3, 0.4) is 0 Å². The van der Waals surface area contributed by atoms with Gasteiger partial charge in [0, 0.05) is 0 Å². The van der Waals surface area contributed by atoms with Crippen molar-refractivity contribution in [3.63, 3.8) is 0 Å². The molecule has 7 heteroatoms. The van der Waals surface area contributed by atoms with E-state index >= 15 is 0 Å². The number of esters is 3. The van der Waals surface area contributed by atoms with E-state index in [4.69, 9.17) is 18.9 Å². The van der Waals surface area contributed by atoms with Gasteiger partial charge in [-0.1, -0.05) is 66.7 Å². The van der Waals surface area contributed by atoms with E-state index in [2.05, 4.69) is 0 Å². The Kier molecular flexibility index (Phi) is 7.90. The molecule has 0 saturated carbocycles. The second-order valence-corrected chi connectivity index (χ2v) is 6.28. The van der Waals surface area contributed by atoms with Gasteiger partial charge in [0.1, 0.15) is 18.1 Å². The van der Waals surface area contributed by atoms with E-state index in [0.29, 0.717) is 17.1 Å². The Morgan fingerprint density at radius 3 is 1.58 bits per heavy atom. The summed E-state index contributed by atoms with van der Waals surface area (Å²) in [6.45, 7) is -1.09. The lowest BCUT2D eigenvalue weighted by Crippen LogP contribution is -2.26. The van der Waals surface area contributed by atoms with Gasteiger partial charge in [-0.3, -0.25) is 0 Å². The fourth-order valence-electron chi connectivity index (χ4n) is 2.58. The Hall–Kier alpha value is -3.97. The summed E-state index contributed by atoms with van der Waals surface area (Å²) < 4.78 is 20.8. The summed E-state index contributed by atoms with van der Waals surface area (Å²) in [4.78, 5) is 36.6. The van der Waals surface area contributed by atoms with E-state index in [9.17, 15) is 14.4 Å². The third kappa shape index (κ3) is 7.09. The minimum atomic E-state index is -1.21. The van der Waals surface area contributed by atoms with Gasteiger partial charge in [-0.05, 0) is 29.8 Å². The van der Waals surface area contributed by atoms with Crippen molar-refractivity contribution in [3.05, 3.63) is 96.6 Å². The largest absolute Gasteiger partial charge is 0.451 e. The predicted molar refractivity (Wildman–Crippen MR) is 110 cm³/mol. The van der Waals surface area contributed by atoms with Crippen LogP contribution in [0, 0.1) is 0 Å². The van der Waals surface area contributed by atoms with Crippen LogP contribution in [0.4, 0.5) is 0 Å². The van der Waals surface area contributed by atoms with Crippen LogP contribution in [0.15, 0.2) is 91.0 Å². The van der Waals surface area contributed by atoms with Crippen LogP contribution in [0.1, 0.15) is 11.7 Å².